The molecule has 1 heterocycles. The van der Waals surface area contributed by atoms with Crippen LogP contribution in [-0.2, 0) is 6.42 Å². The van der Waals surface area contributed by atoms with E-state index in [1.54, 1.807) is 0 Å². The highest BCUT2D eigenvalue weighted by Gasteiger charge is 2.42. The Hall–Kier alpha value is -0.340. The van der Waals surface area contributed by atoms with Crippen molar-refractivity contribution in [2.45, 2.75) is 33.1 Å². The molecule has 1 aromatic heterocycles. The molecule has 1 aromatic rings. The number of hydrogen-bond donors (Lipinski definition) is 1. The Morgan fingerprint density at radius 3 is 2.54 bits per heavy atom. The molecule has 13 heavy (non-hydrogen) atoms. The summed E-state index contributed by atoms with van der Waals surface area (Å²) in [5.41, 5.74) is 1.72. The average Bonchev–Trinajstić information content (AvgIpc) is 2.77. The van der Waals surface area contributed by atoms with Gasteiger partial charge in [-0.25, -0.2) is 0 Å². The first kappa shape index (κ1) is 9.22. The fourth-order valence-electron chi connectivity index (χ4n) is 1.83. The van der Waals surface area contributed by atoms with Gasteiger partial charge in [0.2, 0.25) is 0 Å². The lowest BCUT2D eigenvalue weighted by atomic mass is 9.98. The van der Waals surface area contributed by atoms with Gasteiger partial charge in [-0.3, -0.25) is 0 Å². The Morgan fingerprint density at radius 2 is 2.15 bits per heavy atom. The van der Waals surface area contributed by atoms with Gasteiger partial charge in [0.25, 0.3) is 0 Å². The molecule has 1 fully saturated rings. The number of rotatable bonds is 3. The molecule has 0 spiro atoms. The zero-order valence-electron chi connectivity index (χ0n) is 8.26. The molecule has 0 bridgehead atoms. The second-order valence-corrected chi connectivity index (χ2v) is 5.73. The van der Waals surface area contributed by atoms with Crippen molar-refractivity contribution in [2.75, 3.05) is 6.61 Å². The van der Waals surface area contributed by atoms with E-state index < -0.39 is 0 Å². The normalized spacial score (nSPS) is 19.0. The van der Waals surface area contributed by atoms with Crippen LogP contribution in [0, 0.1) is 19.3 Å². The van der Waals surface area contributed by atoms with Crippen molar-refractivity contribution in [2.24, 2.45) is 5.41 Å². The summed E-state index contributed by atoms with van der Waals surface area (Å²) >= 11 is 1.87. The van der Waals surface area contributed by atoms with E-state index >= 15 is 0 Å². The molecule has 0 aromatic carbocycles. The van der Waals surface area contributed by atoms with Crippen molar-refractivity contribution in [1.82, 2.24) is 0 Å². The van der Waals surface area contributed by atoms with E-state index in [9.17, 15) is 5.11 Å². The molecule has 0 atom stereocenters. The van der Waals surface area contributed by atoms with Crippen LogP contribution < -0.4 is 0 Å². The minimum Gasteiger partial charge on any atom is -0.396 e. The van der Waals surface area contributed by atoms with E-state index in [1.807, 2.05) is 11.3 Å². The second kappa shape index (κ2) is 3.10. The van der Waals surface area contributed by atoms with Gasteiger partial charge in [-0.15, -0.1) is 11.3 Å². The Labute approximate surface area is 83.4 Å². The molecule has 0 amide bonds. The van der Waals surface area contributed by atoms with Crippen LogP contribution in [0.3, 0.4) is 0 Å². The van der Waals surface area contributed by atoms with E-state index in [0.717, 1.165) is 6.42 Å². The van der Waals surface area contributed by atoms with Crippen molar-refractivity contribution < 1.29 is 5.11 Å². The first-order valence-electron chi connectivity index (χ1n) is 4.82. The molecule has 0 saturated heterocycles. The van der Waals surface area contributed by atoms with Gasteiger partial charge in [-0.1, -0.05) is 0 Å². The molecule has 2 rings (SSSR count). The first-order valence-corrected chi connectivity index (χ1v) is 5.64. The zero-order valence-corrected chi connectivity index (χ0v) is 9.08. The van der Waals surface area contributed by atoms with Crippen LogP contribution in [0.2, 0.25) is 0 Å². The van der Waals surface area contributed by atoms with Crippen LogP contribution in [0.25, 0.3) is 0 Å². The lowest BCUT2D eigenvalue weighted by Gasteiger charge is -2.10. The molecular weight excluding hydrogens is 180 g/mol. The smallest absolute Gasteiger partial charge is 0.0490 e. The highest BCUT2D eigenvalue weighted by atomic mass is 32.1. The molecule has 1 aliphatic rings. The van der Waals surface area contributed by atoms with Crippen molar-refractivity contribution in [3.63, 3.8) is 0 Å². The Kier molecular flexibility index (Phi) is 2.20. The van der Waals surface area contributed by atoms with Gasteiger partial charge in [-0.05, 0) is 50.2 Å². The Bertz CT molecular complexity index is 310. The molecule has 1 N–H and O–H groups in total. The largest absolute Gasteiger partial charge is 0.396 e. The standard InChI is InChI=1S/C11H16OS/c1-8-5-10(9(2)13-8)6-11(7-12)3-4-11/h5,12H,3-4,6-7H2,1-2H3. The summed E-state index contributed by atoms with van der Waals surface area (Å²) in [5.74, 6) is 0. The summed E-state index contributed by atoms with van der Waals surface area (Å²) in [6.45, 7) is 4.70. The fourth-order valence-corrected chi connectivity index (χ4v) is 2.78. The predicted molar refractivity (Wildman–Crippen MR) is 56.2 cm³/mol. The van der Waals surface area contributed by atoms with Gasteiger partial charge in [0.15, 0.2) is 0 Å². The maximum Gasteiger partial charge on any atom is 0.0490 e. The van der Waals surface area contributed by atoms with E-state index in [0.29, 0.717) is 6.61 Å². The van der Waals surface area contributed by atoms with Crippen molar-refractivity contribution in [3.05, 3.63) is 21.4 Å². The highest BCUT2D eigenvalue weighted by Crippen LogP contribution is 2.48. The number of aliphatic hydroxyl groups excluding tert-OH is 1. The van der Waals surface area contributed by atoms with Crippen molar-refractivity contribution >= 4 is 11.3 Å². The van der Waals surface area contributed by atoms with Crippen LogP contribution in [0.15, 0.2) is 6.07 Å². The molecular formula is C11H16OS. The van der Waals surface area contributed by atoms with E-state index in [1.165, 1.54) is 28.2 Å². The Morgan fingerprint density at radius 1 is 1.46 bits per heavy atom. The van der Waals surface area contributed by atoms with Gasteiger partial charge in [-0.2, -0.15) is 0 Å². The van der Waals surface area contributed by atoms with Gasteiger partial charge in [0.1, 0.15) is 0 Å². The topological polar surface area (TPSA) is 20.2 Å². The van der Waals surface area contributed by atoms with Gasteiger partial charge in [0.05, 0.1) is 0 Å². The minimum absolute atomic E-state index is 0.262. The van der Waals surface area contributed by atoms with Gasteiger partial charge in [0, 0.05) is 16.4 Å². The minimum atomic E-state index is 0.262. The number of thiophene rings is 1. The second-order valence-electron chi connectivity index (χ2n) is 4.27. The van der Waals surface area contributed by atoms with Crippen LogP contribution >= 0.6 is 11.3 Å². The van der Waals surface area contributed by atoms with Crippen molar-refractivity contribution in [1.29, 1.82) is 0 Å². The van der Waals surface area contributed by atoms with E-state index in [-0.39, 0.29) is 5.41 Å². The summed E-state index contributed by atoms with van der Waals surface area (Å²) < 4.78 is 0. The third-order valence-corrected chi connectivity index (χ3v) is 4.01. The molecule has 1 saturated carbocycles. The van der Waals surface area contributed by atoms with Crippen LogP contribution in [0.4, 0.5) is 0 Å². The quantitative estimate of drug-likeness (QED) is 0.788. The third-order valence-electron chi connectivity index (χ3n) is 3.00. The van der Waals surface area contributed by atoms with Gasteiger partial charge >= 0.3 is 0 Å². The number of aliphatic hydroxyl groups is 1. The maximum atomic E-state index is 9.22. The first-order chi connectivity index (χ1) is 6.15. The molecule has 72 valence electrons. The van der Waals surface area contributed by atoms with E-state index in [2.05, 4.69) is 19.9 Å². The Balaban J connectivity index is 2.13. The summed E-state index contributed by atoms with van der Waals surface area (Å²) in [5, 5.41) is 9.22. The van der Waals surface area contributed by atoms with Crippen LogP contribution in [0.1, 0.15) is 28.2 Å². The zero-order chi connectivity index (χ0) is 9.47. The number of aryl methyl sites for hydroxylation is 2. The predicted octanol–water partition coefficient (Wildman–Crippen LogP) is 2.68. The maximum absolute atomic E-state index is 9.22. The highest BCUT2D eigenvalue weighted by molar-refractivity contribution is 7.12. The molecule has 1 aliphatic carbocycles. The molecule has 0 aliphatic heterocycles. The summed E-state index contributed by atoms with van der Waals surface area (Å²) in [4.78, 5) is 2.82. The average molecular weight is 196 g/mol. The number of hydrogen-bond acceptors (Lipinski definition) is 2. The molecule has 0 unspecified atom stereocenters. The van der Waals surface area contributed by atoms with Crippen LogP contribution in [-0.4, -0.2) is 11.7 Å². The SMILES string of the molecule is Cc1cc(CC2(CO)CC2)c(C)s1. The van der Waals surface area contributed by atoms with Crippen molar-refractivity contribution in [3.8, 4) is 0 Å². The molecule has 0 radical (unpaired) electrons. The monoisotopic (exact) mass is 196 g/mol. The lowest BCUT2D eigenvalue weighted by molar-refractivity contribution is 0.211. The molecule has 1 nitrogen and oxygen atoms in total. The molecule has 2 heteroatoms. The summed E-state index contributed by atoms with van der Waals surface area (Å²) in [7, 11) is 0. The summed E-state index contributed by atoms with van der Waals surface area (Å²) in [6, 6.07) is 2.27. The van der Waals surface area contributed by atoms with Crippen LogP contribution in [0.5, 0.6) is 0 Å². The lowest BCUT2D eigenvalue weighted by Crippen LogP contribution is -2.09. The third kappa shape index (κ3) is 1.79. The fraction of sp³-hybridized carbons (Fsp3) is 0.636. The summed E-state index contributed by atoms with van der Waals surface area (Å²) in [6.07, 6.45) is 3.50. The van der Waals surface area contributed by atoms with Gasteiger partial charge < -0.3 is 5.11 Å². The van der Waals surface area contributed by atoms with E-state index in [4.69, 9.17) is 0 Å².